The molecular formula is C13H18O2. The van der Waals surface area contributed by atoms with Crippen LogP contribution in [-0.2, 0) is 0 Å². The van der Waals surface area contributed by atoms with Gasteiger partial charge in [0.15, 0.2) is 0 Å². The van der Waals surface area contributed by atoms with Crippen molar-refractivity contribution in [1.82, 2.24) is 0 Å². The monoisotopic (exact) mass is 206 g/mol. The molecule has 2 rings (SSSR count). The highest BCUT2D eigenvalue weighted by Crippen LogP contribution is 2.34. The van der Waals surface area contributed by atoms with Gasteiger partial charge in [-0.25, -0.2) is 0 Å². The van der Waals surface area contributed by atoms with Crippen LogP contribution in [0, 0.1) is 0 Å². The van der Waals surface area contributed by atoms with Crippen molar-refractivity contribution in [3.8, 4) is 5.75 Å². The third-order valence-electron chi connectivity index (χ3n) is 3.25. The molecule has 1 aliphatic carbocycles. The van der Waals surface area contributed by atoms with E-state index in [2.05, 4.69) is 6.07 Å². The molecule has 0 amide bonds. The van der Waals surface area contributed by atoms with Gasteiger partial charge in [-0.3, -0.25) is 0 Å². The number of rotatable bonds is 2. The lowest BCUT2D eigenvalue weighted by atomic mass is 9.82. The van der Waals surface area contributed by atoms with Gasteiger partial charge < -0.3 is 9.84 Å². The molecule has 1 aromatic rings. The van der Waals surface area contributed by atoms with Gasteiger partial charge in [0, 0.05) is 5.92 Å². The van der Waals surface area contributed by atoms with Crippen LogP contribution in [0.4, 0.5) is 0 Å². The van der Waals surface area contributed by atoms with Crippen molar-refractivity contribution in [2.45, 2.75) is 37.7 Å². The van der Waals surface area contributed by atoms with E-state index >= 15 is 0 Å². The predicted octanol–water partition coefficient (Wildman–Crippen LogP) is 2.71. The summed E-state index contributed by atoms with van der Waals surface area (Å²) >= 11 is 0. The zero-order valence-corrected chi connectivity index (χ0v) is 9.15. The van der Waals surface area contributed by atoms with Gasteiger partial charge in [0.1, 0.15) is 5.75 Å². The van der Waals surface area contributed by atoms with E-state index in [1.54, 1.807) is 7.11 Å². The summed E-state index contributed by atoms with van der Waals surface area (Å²) in [5, 5.41) is 9.95. The number of methoxy groups -OCH3 is 1. The lowest BCUT2D eigenvalue weighted by molar-refractivity contribution is 0.106. The average molecular weight is 206 g/mol. The Morgan fingerprint density at radius 3 is 2.80 bits per heavy atom. The maximum absolute atomic E-state index is 9.95. The number of aliphatic hydroxyl groups excluding tert-OH is 1. The average Bonchev–Trinajstić information content (AvgIpc) is 2.30. The summed E-state index contributed by atoms with van der Waals surface area (Å²) in [5.74, 6) is 1.18. The molecule has 0 spiro atoms. The molecule has 1 fully saturated rings. The van der Waals surface area contributed by atoms with Gasteiger partial charge in [-0.05, 0) is 30.5 Å². The smallest absolute Gasteiger partial charge is 0.119 e. The summed E-state index contributed by atoms with van der Waals surface area (Å²) in [7, 11) is 1.68. The van der Waals surface area contributed by atoms with Gasteiger partial charge in [-0.15, -0.1) is 0 Å². The molecule has 2 heteroatoms. The van der Waals surface area contributed by atoms with Crippen LogP contribution in [-0.4, -0.2) is 18.3 Å². The van der Waals surface area contributed by atoms with Crippen molar-refractivity contribution in [3.63, 3.8) is 0 Å². The fourth-order valence-electron chi connectivity index (χ4n) is 2.37. The third-order valence-corrected chi connectivity index (χ3v) is 3.25. The number of benzene rings is 1. The van der Waals surface area contributed by atoms with Crippen molar-refractivity contribution in [2.24, 2.45) is 0 Å². The molecule has 82 valence electrons. The minimum absolute atomic E-state index is 0.175. The second-order valence-electron chi connectivity index (χ2n) is 4.23. The van der Waals surface area contributed by atoms with Gasteiger partial charge in [-0.1, -0.05) is 25.0 Å². The van der Waals surface area contributed by atoms with Crippen LogP contribution in [0.3, 0.4) is 0 Å². The first-order valence-electron chi connectivity index (χ1n) is 5.63. The van der Waals surface area contributed by atoms with Crippen molar-refractivity contribution in [3.05, 3.63) is 29.8 Å². The maximum Gasteiger partial charge on any atom is 0.119 e. The summed E-state index contributed by atoms with van der Waals surface area (Å²) < 4.78 is 5.20. The fourth-order valence-corrected chi connectivity index (χ4v) is 2.37. The van der Waals surface area contributed by atoms with Crippen molar-refractivity contribution in [1.29, 1.82) is 0 Å². The molecule has 15 heavy (non-hydrogen) atoms. The Hall–Kier alpha value is -1.02. The van der Waals surface area contributed by atoms with E-state index in [1.165, 1.54) is 12.0 Å². The topological polar surface area (TPSA) is 29.5 Å². The van der Waals surface area contributed by atoms with Crippen molar-refractivity contribution >= 4 is 0 Å². The molecule has 0 unspecified atom stereocenters. The van der Waals surface area contributed by atoms with Crippen LogP contribution in [0.1, 0.15) is 37.2 Å². The predicted molar refractivity (Wildman–Crippen MR) is 60.2 cm³/mol. The third kappa shape index (κ3) is 2.32. The largest absolute Gasteiger partial charge is 0.497 e. The standard InChI is InChI=1S/C13H18O2/c1-15-11-6-4-5-10(9-11)12-7-2-3-8-13(12)14/h4-6,9,12-14H,2-3,7-8H2,1H3/t12-,13+/m1/s1. The summed E-state index contributed by atoms with van der Waals surface area (Å²) in [6, 6.07) is 8.06. The van der Waals surface area contributed by atoms with E-state index < -0.39 is 0 Å². The van der Waals surface area contributed by atoms with E-state index in [1.807, 2.05) is 18.2 Å². The molecule has 0 aliphatic heterocycles. The number of hydrogen-bond donors (Lipinski definition) is 1. The van der Waals surface area contributed by atoms with E-state index in [0.717, 1.165) is 25.0 Å². The van der Waals surface area contributed by atoms with Gasteiger partial charge >= 0.3 is 0 Å². The number of hydrogen-bond acceptors (Lipinski definition) is 2. The highest BCUT2D eigenvalue weighted by Gasteiger charge is 2.24. The zero-order chi connectivity index (χ0) is 10.7. The van der Waals surface area contributed by atoms with Crippen LogP contribution in [0.2, 0.25) is 0 Å². The zero-order valence-electron chi connectivity index (χ0n) is 9.15. The number of aliphatic hydroxyl groups is 1. The van der Waals surface area contributed by atoms with E-state index in [4.69, 9.17) is 4.74 Å². The van der Waals surface area contributed by atoms with Gasteiger partial charge in [-0.2, -0.15) is 0 Å². The normalized spacial score (nSPS) is 26.3. The Morgan fingerprint density at radius 2 is 2.07 bits per heavy atom. The summed E-state index contributed by atoms with van der Waals surface area (Å²) in [6.45, 7) is 0. The highest BCUT2D eigenvalue weighted by atomic mass is 16.5. The Kier molecular flexibility index (Phi) is 3.27. The fraction of sp³-hybridized carbons (Fsp3) is 0.538. The molecule has 1 N–H and O–H groups in total. The molecule has 0 heterocycles. The lowest BCUT2D eigenvalue weighted by Crippen LogP contribution is -2.22. The Morgan fingerprint density at radius 1 is 1.27 bits per heavy atom. The van der Waals surface area contributed by atoms with Gasteiger partial charge in [0.05, 0.1) is 13.2 Å². The molecule has 0 radical (unpaired) electrons. The van der Waals surface area contributed by atoms with Crippen LogP contribution in [0.15, 0.2) is 24.3 Å². The quantitative estimate of drug-likeness (QED) is 0.806. The van der Waals surface area contributed by atoms with Crippen LogP contribution in [0.5, 0.6) is 5.75 Å². The van der Waals surface area contributed by atoms with Gasteiger partial charge in [0.2, 0.25) is 0 Å². The molecule has 0 bridgehead atoms. The van der Waals surface area contributed by atoms with Crippen LogP contribution < -0.4 is 4.74 Å². The first-order valence-corrected chi connectivity index (χ1v) is 5.63. The minimum Gasteiger partial charge on any atom is -0.497 e. The molecule has 2 atom stereocenters. The maximum atomic E-state index is 9.95. The SMILES string of the molecule is COc1cccc([C@H]2CCCC[C@@H]2O)c1. The van der Waals surface area contributed by atoms with E-state index in [0.29, 0.717) is 5.92 Å². The molecule has 1 saturated carbocycles. The molecule has 0 aromatic heterocycles. The molecule has 1 aromatic carbocycles. The second-order valence-corrected chi connectivity index (χ2v) is 4.23. The molecular weight excluding hydrogens is 188 g/mol. The highest BCUT2D eigenvalue weighted by molar-refractivity contribution is 5.31. The Bertz CT molecular complexity index is 322. The van der Waals surface area contributed by atoms with E-state index in [-0.39, 0.29) is 6.10 Å². The first-order chi connectivity index (χ1) is 7.31. The molecule has 0 saturated heterocycles. The first kappa shape index (κ1) is 10.5. The number of ether oxygens (including phenoxy) is 1. The molecule has 2 nitrogen and oxygen atoms in total. The minimum atomic E-state index is -0.175. The molecule has 1 aliphatic rings. The van der Waals surface area contributed by atoms with Crippen molar-refractivity contribution in [2.75, 3.05) is 7.11 Å². The summed E-state index contributed by atoms with van der Waals surface area (Å²) in [4.78, 5) is 0. The van der Waals surface area contributed by atoms with Gasteiger partial charge in [0.25, 0.3) is 0 Å². The Balaban J connectivity index is 2.19. The van der Waals surface area contributed by atoms with E-state index in [9.17, 15) is 5.11 Å². The summed E-state index contributed by atoms with van der Waals surface area (Å²) in [5.41, 5.74) is 1.21. The lowest BCUT2D eigenvalue weighted by Gasteiger charge is -2.28. The summed E-state index contributed by atoms with van der Waals surface area (Å²) in [6.07, 6.45) is 4.22. The van der Waals surface area contributed by atoms with Crippen LogP contribution in [0.25, 0.3) is 0 Å². The van der Waals surface area contributed by atoms with Crippen molar-refractivity contribution < 1.29 is 9.84 Å². The second kappa shape index (κ2) is 4.67. The van der Waals surface area contributed by atoms with Crippen LogP contribution >= 0.6 is 0 Å². The Labute approximate surface area is 90.9 Å².